The van der Waals surface area contributed by atoms with Crippen LogP contribution < -0.4 is 0 Å². The number of hydrogen-bond acceptors (Lipinski definition) is 3. The summed E-state index contributed by atoms with van der Waals surface area (Å²) in [5.41, 5.74) is 2.21. The van der Waals surface area contributed by atoms with Crippen LogP contribution >= 0.6 is 0 Å². The van der Waals surface area contributed by atoms with E-state index in [1.54, 1.807) is 0 Å². The Morgan fingerprint density at radius 3 is 2.42 bits per heavy atom. The maximum atomic E-state index is 13.2. The Hall–Kier alpha value is -1.39. The molecule has 1 N–H and O–H groups in total. The molecule has 0 aromatic heterocycles. The van der Waals surface area contributed by atoms with Crippen molar-refractivity contribution < 1.29 is 9.90 Å². The molecule has 4 nitrogen and oxygen atoms in total. The first-order valence-electron chi connectivity index (χ1n) is 9.39. The summed E-state index contributed by atoms with van der Waals surface area (Å²) in [6.45, 7) is 5.52. The number of aryl methyl sites for hydroxylation is 1. The van der Waals surface area contributed by atoms with Gasteiger partial charge in [-0.15, -0.1) is 0 Å². The number of hydrogen-bond donors (Lipinski definition) is 1. The molecule has 0 spiro atoms. The molecule has 24 heavy (non-hydrogen) atoms. The van der Waals surface area contributed by atoms with Crippen molar-refractivity contribution in [3.8, 4) is 0 Å². The Kier molecular flexibility index (Phi) is 4.13. The second kappa shape index (κ2) is 6.16. The van der Waals surface area contributed by atoms with E-state index in [-0.39, 0.29) is 11.5 Å². The zero-order chi connectivity index (χ0) is 16.7. The standard InChI is InChI=1S/C20H28N2O2/c1-15-5-2-3-6-16(15)20(9-10-20)19(24)22-13-11-21(12-14-22)17-7-4-8-18(17)23/h2-3,5-6,17-18,23H,4,7-14H2,1H3/t17-,18-/m0/s1. The highest BCUT2D eigenvalue weighted by Crippen LogP contribution is 2.50. The maximum Gasteiger partial charge on any atom is 0.233 e. The second-order valence-electron chi connectivity index (χ2n) is 7.79. The van der Waals surface area contributed by atoms with E-state index in [2.05, 4.69) is 34.9 Å². The maximum absolute atomic E-state index is 13.2. The van der Waals surface area contributed by atoms with E-state index < -0.39 is 0 Å². The van der Waals surface area contributed by atoms with E-state index in [1.165, 1.54) is 11.1 Å². The van der Waals surface area contributed by atoms with Crippen LogP contribution in [0, 0.1) is 6.92 Å². The lowest BCUT2D eigenvalue weighted by Crippen LogP contribution is -2.55. The van der Waals surface area contributed by atoms with E-state index >= 15 is 0 Å². The molecule has 2 saturated carbocycles. The third-order valence-electron chi connectivity index (χ3n) is 6.33. The van der Waals surface area contributed by atoms with Crippen molar-refractivity contribution in [3.63, 3.8) is 0 Å². The number of amides is 1. The molecule has 1 aromatic rings. The number of piperazine rings is 1. The fraction of sp³-hybridized carbons (Fsp3) is 0.650. The first-order chi connectivity index (χ1) is 11.6. The van der Waals surface area contributed by atoms with Gasteiger partial charge in [-0.1, -0.05) is 24.3 Å². The van der Waals surface area contributed by atoms with Gasteiger partial charge in [0.05, 0.1) is 11.5 Å². The summed E-state index contributed by atoms with van der Waals surface area (Å²) in [7, 11) is 0. The molecule has 4 heteroatoms. The number of benzene rings is 1. The van der Waals surface area contributed by atoms with E-state index in [0.29, 0.717) is 11.9 Å². The second-order valence-corrected chi connectivity index (χ2v) is 7.79. The van der Waals surface area contributed by atoms with Crippen LogP contribution in [0.1, 0.15) is 43.2 Å². The Balaban J connectivity index is 1.43. The first-order valence-corrected chi connectivity index (χ1v) is 9.39. The van der Waals surface area contributed by atoms with Gasteiger partial charge in [0.15, 0.2) is 0 Å². The molecule has 0 radical (unpaired) electrons. The number of carbonyl (C=O) groups excluding carboxylic acids is 1. The molecule has 0 unspecified atom stereocenters. The number of aliphatic hydroxyl groups excluding tert-OH is 1. The molecular formula is C20H28N2O2. The molecule has 1 heterocycles. The van der Waals surface area contributed by atoms with Gasteiger partial charge in [-0.2, -0.15) is 0 Å². The fourth-order valence-electron chi connectivity index (χ4n) is 4.74. The van der Waals surface area contributed by atoms with Gasteiger partial charge in [-0.25, -0.2) is 0 Å². The minimum absolute atomic E-state index is 0.172. The molecule has 1 aromatic carbocycles. The van der Waals surface area contributed by atoms with Crippen LogP contribution in [0.4, 0.5) is 0 Å². The van der Waals surface area contributed by atoms with Crippen LogP contribution in [0.15, 0.2) is 24.3 Å². The van der Waals surface area contributed by atoms with Gasteiger partial charge in [0.1, 0.15) is 0 Å². The summed E-state index contributed by atoms with van der Waals surface area (Å²) in [5.74, 6) is 0.323. The third kappa shape index (κ3) is 2.66. The van der Waals surface area contributed by atoms with E-state index in [0.717, 1.165) is 58.3 Å². The van der Waals surface area contributed by atoms with Gasteiger partial charge in [-0.05, 0) is 50.2 Å². The molecule has 0 bridgehead atoms. The SMILES string of the molecule is Cc1ccccc1C1(C(=O)N2CCN([C@H]3CCC[C@@H]3O)CC2)CC1. The fourth-order valence-corrected chi connectivity index (χ4v) is 4.74. The molecule has 2 atom stereocenters. The van der Waals surface area contributed by atoms with Crippen molar-refractivity contribution in [3.05, 3.63) is 35.4 Å². The molecule has 3 fully saturated rings. The Morgan fingerprint density at radius 1 is 1.12 bits per heavy atom. The largest absolute Gasteiger partial charge is 0.391 e. The quantitative estimate of drug-likeness (QED) is 0.924. The molecule has 130 valence electrons. The molecule has 1 amide bonds. The number of aliphatic hydroxyl groups is 1. The van der Waals surface area contributed by atoms with Gasteiger partial charge in [0.25, 0.3) is 0 Å². The highest BCUT2D eigenvalue weighted by Gasteiger charge is 2.53. The predicted molar refractivity (Wildman–Crippen MR) is 93.9 cm³/mol. The van der Waals surface area contributed by atoms with Crippen molar-refractivity contribution in [2.75, 3.05) is 26.2 Å². The average Bonchev–Trinajstić information content (AvgIpc) is 3.30. The molecule has 1 aliphatic heterocycles. The molecule has 2 aliphatic carbocycles. The zero-order valence-electron chi connectivity index (χ0n) is 14.6. The lowest BCUT2D eigenvalue weighted by atomic mass is 9.90. The van der Waals surface area contributed by atoms with Gasteiger partial charge < -0.3 is 10.0 Å². The highest BCUT2D eigenvalue weighted by molar-refractivity contribution is 5.91. The monoisotopic (exact) mass is 328 g/mol. The van der Waals surface area contributed by atoms with E-state index in [9.17, 15) is 9.90 Å². The van der Waals surface area contributed by atoms with Gasteiger partial charge in [0, 0.05) is 32.2 Å². The van der Waals surface area contributed by atoms with Crippen molar-refractivity contribution in [2.45, 2.75) is 56.6 Å². The van der Waals surface area contributed by atoms with Crippen LogP contribution in [0.2, 0.25) is 0 Å². The lowest BCUT2D eigenvalue weighted by molar-refractivity contribution is -0.136. The van der Waals surface area contributed by atoms with Crippen LogP contribution in [0.25, 0.3) is 0 Å². The summed E-state index contributed by atoms with van der Waals surface area (Å²) in [6.07, 6.45) is 4.95. The van der Waals surface area contributed by atoms with Gasteiger partial charge in [-0.3, -0.25) is 9.69 Å². The lowest BCUT2D eigenvalue weighted by Gasteiger charge is -2.40. The molecular weight excluding hydrogens is 300 g/mol. The minimum Gasteiger partial charge on any atom is -0.391 e. The Labute approximate surface area is 144 Å². The molecule has 3 aliphatic rings. The zero-order valence-corrected chi connectivity index (χ0v) is 14.6. The average molecular weight is 328 g/mol. The normalized spacial score (nSPS) is 29.7. The van der Waals surface area contributed by atoms with Crippen LogP contribution in [0.3, 0.4) is 0 Å². The number of carbonyl (C=O) groups is 1. The van der Waals surface area contributed by atoms with Gasteiger partial charge in [0.2, 0.25) is 5.91 Å². The van der Waals surface area contributed by atoms with Crippen molar-refractivity contribution in [2.24, 2.45) is 0 Å². The van der Waals surface area contributed by atoms with E-state index in [4.69, 9.17) is 0 Å². The van der Waals surface area contributed by atoms with Crippen LogP contribution in [0.5, 0.6) is 0 Å². The van der Waals surface area contributed by atoms with Crippen LogP contribution in [-0.4, -0.2) is 59.1 Å². The van der Waals surface area contributed by atoms with E-state index in [1.807, 2.05) is 6.07 Å². The van der Waals surface area contributed by atoms with Crippen molar-refractivity contribution >= 4 is 5.91 Å². The Morgan fingerprint density at radius 2 is 1.83 bits per heavy atom. The van der Waals surface area contributed by atoms with Crippen LogP contribution in [-0.2, 0) is 10.2 Å². The van der Waals surface area contributed by atoms with Crippen molar-refractivity contribution in [1.29, 1.82) is 0 Å². The summed E-state index contributed by atoms with van der Waals surface area (Å²) >= 11 is 0. The molecule has 1 saturated heterocycles. The van der Waals surface area contributed by atoms with Gasteiger partial charge >= 0.3 is 0 Å². The van der Waals surface area contributed by atoms with Crippen molar-refractivity contribution in [1.82, 2.24) is 9.80 Å². The highest BCUT2D eigenvalue weighted by atomic mass is 16.3. The summed E-state index contributed by atoms with van der Waals surface area (Å²) in [5, 5.41) is 10.1. The summed E-state index contributed by atoms with van der Waals surface area (Å²) < 4.78 is 0. The smallest absolute Gasteiger partial charge is 0.233 e. The molecule has 4 rings (SSSR count). The Bertz CT molecular complexity index is 618. The number of rotatable bonds is 3. The first kappa shape index (κ1) is 16.1. The topological polar surface area (TPSA) is 43.8 Å². The summed E-state index contributed by atoms with van der Waals surface area (Å²) in [6, 6.07) is 8.65. The predicted octanol–water partition coefficient (Wildman–Crippen LogP) is 2.08. The third-order valence-corrected chi connectivity index (χ3v) is 6.33. The minimum atomic E-state index is -0.250. The summed E-state index contributed by atoms with van der Waals surface area (Å²) in [4.78, 5) is 17.6. The number of nitrogens with zero attached hydrogens (tertiary/aromatic N) is 2.